The number of nitrogens with two attached hydrogens (primary N) is 1. The van der Waals surface area contributed by atoms with Crippen LogP contribution in [0.15, 0.2) is 18.2 Å². The third-order valence-electron chi connectivity index (χ3n) is 3.05. The van der Waals surface area contributed by atoms with E-state index in [9.17, 15) is 0 Å². The lowest BCUT2D eigenvalue weighted by Crippen LogP contribution is -2.14. The van der Waals surface area contributed by atoms with E-state index < -0.39 is 0 Å². The molecule has 0 spiro atoms. The van der Waals surface area contributed by atoms with Gasteiger partial charge in [0.2, 0.25) is 0 Å². The van der Waals surface area contributed by atoms with Crippen molar-refractivity contribution in [1.29, 1.82) is 0 Å². The molecule has 1 rings (SSSR count). The smallest absolute Gasteiger partial charge is 0.122 e. The van der Waals surface area contributed by atoms with Gasteiger partial charge in [-0.3, -0.25) is 0 Å². The van der Waals surface area contributed by atoms with Gasteiger partial charge in [0.05, 0.1) is 12.1 Å². The molecular formula is C15H23NOS. The number of rotatable bonds is 6. The van der Waals surface area contributed by atoms with Crippen LogP contribution in [0.4, 0.5) is 0 Å². The summed E-state index contributed by atoms with van der Waals surface area (Å²) in [6.07, 6.45) is 1.80. The molecule has 0 aliphatic rings. The Kier molecular flexibility index (Phi) is 5.60. The van der Waals surface area contributed by atoms with Crippen LogP contribution in [0.3, 0.4) is 0 Å². The van der Waals surface area contributed by atoms with E-state index in [1.807, 2.05) is 0 Å². The summed E-state index contributed by atoms with van der Waals surface area (Å²) < 4.78 is 5.39. The van der Waals surface area contributed by atoms with Gasteiger partial charge in [-0.25, -0.2) is 0 Å². The molecular weight excluding hydrogens is 242 g/mol. The third-order valence-corrected chi connectivity index (χ3v) is 3.22. The first-order valence-electron chi connectivity index (χ1n) is 6.39. The number of thiocarbonyl (C=S) groups is 1. The zero-order valence-corrected chi connectivity index (χ0v) is 12.5. The molecule has 100 valence electrons. The second-order valence-corrected chi connectivity index (χ2v) is 5.74. The molecule has 0 fully saturated rings. The minimum atomic E-state index is 0.464. The van der Waals surface area contributed by atoms with Crippen LogP contribution in [0.1, 0.15) is 44.2 Å². The predicted octanol–water partition coefficient (Wildman–Crippen LogP) is 3.67. The van der Waals surface area contributed by atoms with Gasteiger partial charge in [-0.05, 0) is 35.4 Å². The number of hydrogen-bond acceptors (Lipinski definition) is 2. The van der Waals surface area contributed by atoms with Gasteiger partial charge in [0, 0.05) is 6.42 Å². The summed E-state index contributed by atoms with van der Waals surface area (Å²) in [5, 5.41) is 0. The molecule has 0 saturated carbocycles. The number of hydrogen-bond donors (Lipinski definition) is 1. The van der Waals surface area contributed by atoms with E-state index in [1.165, 1.54) is 11.1 Å². The van der Waals surface area contributed by atoms with Gasteiger partial charge in [-0.15, -0.1) is 0 Å². The summed E-state index contributed by atoms with van der Waals surface area (Å²) in [6.45, 7) is 6.54. The van der Waals surface area contributed by atoms with E-state index in [-0.39, 0.29) is 0 Å². The van der Waals surface area contributed by atoms with Crippen LogP contribution >= 0.6 is 12.2 Å². The average Bonchev–Trinajstić information content (AvgIpc) is 2.27. The van der Waals surface area contributed by atoms with E-state index in [2.05, 4.69) is 39.0 Å². The number of benzene rings is 1. The molecule has 0 radical (unpaired) electrons. The van der Waals surface area contributed by atoms with Gasteiger partial charge in [0.1, 0.15) is 5.75 Å². The molecule has 3 heteroatoms. The highest BCUT2D eigenvalue weighted by molar-refractivity contribution is 7.80. The second-order valence-electron chi connectivity index (χ2n) is 5.21. The summed E-state index contributed by atoms with van der Waals surface area (Å²) in [4.78, 5) is 0.597. The molecule has 1 atom stereocenters. The van der Waals surface area contributed by atoms with Crippen LogP contribution in [0.25, 0.3) is 0 Å². The van der Waals surface area contributed by atoms with Gasteiger partial charge in [0.25, 0.3) is 0 Å². The average molecular weight is 265 g/mol. The van der Waals surface area contributed by atoms with Crippen molar-refractivity contribution in [3.05, 3.63) is 29.3 Å². The van der Waals surface area contributed by atoms with Crippen LogP contribution in [0, 0.1) is 5.92 Å². The second kappa shape index (κ2) is 6.74. The van der Waals surface area contributed by atoms with Crippen molar-refractivity contribution >= 4 is 17.2 Å². The summed E-state index contributed by atoms with van der Waals surface area (Å²) in [6, 6.07) is 6.42. The Morgan fingerprint density at radius 1 is 1.33 bits per heavy atom. The number of methoxy groups -OCH3 is 1. The van der Waals surface area contributed by atoms with Crippen molar-refractivity contribution in [3.63, 3.8) is 0 Å². The van der Waals surface area contributed by atoms with Gasteiger partial charge in [0.15, 0.2) is 0 Å². The van der Waals surface area contributed by atoms with Gasteiger partial charge < -0.3 is 10.5 Å². The van der Waals surface area contributed by atoms with Crippen LogP contribution < -0.4 is 10.5 Å². The van der Waals surface area contributed by atoms with E-state index in [0.717, 1.165) is 18.6 Å². The lowest BCUT2D eigenvalue weighted by Gasteiger charge is -2.15. The van der Waals surface area contributed by atoms with Crippen LogP contribution in [-0.4, -0.2) is 12.1 Å². The van der Waals surface area contributed by atoms with E-state index in [4.69, 9.17) is 22.7 Å². The SMILES string of the molecule is COc1ccc(CC(C)CC(N)=S)cc1C(C)C. The van der Waals surface area contributed by atoms with Crippen molar-refractivity contribution in [2.24, 2.45) is 11.7 Å². The van der Waals surface area contributed by atoms with E-state index >= 15 is 0 Å². The monoisotopic (exact) mass is 265 g/mol. The Labute approximate surface area is 116 Å². The fraction of sp³-hybridized carbons (Fsp3) is 0.533. The molecule has 2 N–H and O–H groups in total. The molecule has 0 aromatic heterocycles. The number of ether oxygens (including phenoxy) is 1. The maximum absolute atomic E-state index is 5.58. The Hall–Kier alpha value is -1.09. The molecule has 1 unspecified atom stereocenters. The zero-order chi connectivity index (χ0) is 13.7. The molecule has 1 aromatic rings. The maximum atomic E-state index is 5.58. The molecule has 0 aliphatic carbocycles. The summed E-state index contributed by atoms with van der Waals surface area (Å²) in [5.41, 5.74) is 8.17. The molecule has 0 saturated heterocycles. The van der Waals surface area contributed by atoms with Gasteiger partial charge >= 0.3 is 0 Å². The van der Waals surface area contributed by atoms with Crippen molar-refractivity contribution in [1.82, 2.24) is 0 Å². The van der Waals surface area contributed by atoms with Crippen LogP contribution in [0.5, 0.6) is 5.75 Å². The zero-order valence-electron chi connectivity index (χ0n) is 11.7. The molecule has 2 nitrogen and oxygen atoms in total. The highest BCUT2D eigenvalue weighted by atomic mass is 32.1. The highest BCUT2D eigenvalue weighted by Gasteiger charge is 2.10. The molecule has 0 aliphatic heterocycles. The Morgan fingerprint density at radius 2 is 2.00 bits per heavy atom. The quantitative estimate of drug-likeness (QED) is 0.797. The lowest BCUT2D eigenvalue weighted by molar-refractivity contribution is 0.407. The fourth-order valence-electron chi connectivity index (χ4n) is 2.18. The van der Waals surface area contributed by atoms with E-state index in [0.29, 0.717) is 16.8 Å². The molecule has 0 bridgehead atoms. The predicted molar refractivity (Wildman–Crippen MR) is 81.4 cm³/mol. The Bertz CT molecular complexity index is 415. The van der Waals surface area contributed by atoms with Crippen LogP contribution in [0.2, 0.25) is 0 Å². The lowest BCUT2D eigenvalue weighted by atomic mass is 9.93. The third kappa shape index (κ3) is 4.30. The summed E-state index contributed by atoms with van der Waals surface area (Å²) >= 11 is 4.95. The minimum Gasteiger partial charge on any atom is -0.496 e. The molecule has 0 heterocycles. The van der Waals surface area contributed by atoms with E-state index in [1.54, 1.807) is 7.11 Å². The Morgan fingerprint density at radius 3 is 2.50 bits per heavy atom. The minimum absolute atomic E-state index is 0.464. The molecule has 1 aromatic carbocycles. The first-order valence-corrected chi connectivity index (χ1v) is 6.80. The molecule has 0 amide bonds. The summed E-state index contributed by atoms with van der Waals surface area (Å²) in [5.74, 6) is 1.91. The Balaban J connectivity index is 2.84. The first-order chi connectivity index (χ1) is 8.43. The fourth-order valence-corrected chi connectivity index (χ4v) is 2.46. The standard InChI is InChI=1S/C15H23NOS/c1-10(2)13-9-12(5-6-14(13)17-4)7-11(3)8-15(16)18/h5-6,9-11H,7-8H2,1-4H3,(H2,16,18). The largest absolute Gasteiger partial charge is 0.496 e. The summed E-state index contributed by atoms with van der Waals surface area (Å²) in [7, 11) is 1.72. The topological polar surface area (TPSA) is 35.2 Å². The van der Waals surface area contributed by atoms with Crippen molar-refractivity contribution in [2.75, 3.05) is 7.11 Å². The van der Waals surface area contributed by atoms with Crippen molar-refractivity contribution < 1.29 is 4.74 Å². The van der Waals surface area contributed by atoms with Crippen molar-refractivity contribution in [2.45, 2.75) is 39.5 Å². The normalized spacial score (nSPS) is 12.5. The highest BCUT2D eigenvalue weighted by Crippen LogP contribution is 2.28. The van der Waals surface area contributed by atoms with Gasteiger partial charge in [-0.1, -0.05) is 45.1 Å². The maximum Gasteiger partial charge on any atom is 0.122 e. The van der Waals surface area contributed by atoms with Crippen molar-refractivity contribution in [3.8, 4) is 5.75 Å². The molecule has 18 heavy (non-hydrogen) atoms. The first kappa shape index (κ1) is 15.0. The van der Waals surface area contributed by atoms with Gasteiger partial charge in [-0.2, -0.15) is 0 Å². The van der Waals surface area contributed by atoms with Crippen LogP contribution in [-0.2, 0) is 6.42 Å².